The Bertz CT molecular complexity index is 1230. The number of aryl methyl sites for hydroxylation is 2. The lowest BCUT2D eigenvalue weighted by Gasteiger charge is -2.05. The number of nitrogens with one attached hydrogen (secondary N) is 1. The van der Waals surface area contributed by atoms with Gasteiger partial charge in [0.1, 0.15) is 10.6 Å². The SMILES string of the molecule is Cc1ccnc(NC(=O)c2sc3ncn(Cc4ccccc4)c(=O)c3c2C)c1. The quantitative estimate of drug-likeness (QED) is 0.575. The van der Waals surface area contributed by atoms with Gasteiger partial charge < -0.3 is 5.32 Å². The first-order valence-corrected chi connectivity index (χ1v) is 9.61. The van der Waals surface area contributed by atoms with E-state index in [1.807, 2.05) is 43.3 Å². The summed E-state index contributed by atoms with van der Waals surface area (Å²) >= 11 is 1.22. The van der Waals surface area contributed by atoms with Crippen LogP contribution in [0.3, 0.4) is 0 Å². The highest BCUT2D eigenvalue weighted by molar-refractivity contribution is 7.20. The van der Waals surface area contributed by atoms with Crippen molar-refractivity contribution in [2.75, 3.05) is 5.32 Å². The first kappa shape index (κ1) is 18.1. The zero-order valence-corrected chi connectivity index (χ0v) is 16.3. The Morgan fingerprint density at radius 1 is 1.14 bits per heavy atom. The zero-order chi connectivity index (χ0) is 19.7. The molecule has 7 heteroatoms. The van der Waals surface area contributed by atoms with E-state index in [9.17, 15) is 9.59 Å². The molecule has 0 spiro atoms. The Hall–Kier alpha value is -3.32. The van der Waals surface area contributed by atoms with Gasteiger partial charge in [0.25, 0.3) is 11.5 Å². The minimum absolute atomic E-state index is 0.143. The van der Waals surface area contributed by atoms with Gasteiger partial charge in [-0.05, 0) is 42.7 Å². The van der Waals surface area contributed by atoms with Gasteiger partial charge in [0.05, 0.1) is 23.1 Å². The van der Waals surface area contributed by atoms with Gasteiger partial charge >= 0.3 is 0 Å². The van der Waals surface area contributed by atoms with Crippen molar-refractivity contribution < 1.29 is 4.79 Å². The van der Waals surface area contributed by atoms with Crippen molar-refractivity contribution in [1.82, 2.24) is 14.5 Å². The van der Waals surface area contributed by atoms with E-state index in [0.29, 0.717) is 33.0 Å². The number of carbonyl (C=O) groups excluding carboxylic acids is 1. The summed E-state index contributed by atoms with van der Waals surface area (Å²) in [4.78, 5) is 35.3. The zero-order valence-electron chi connectivity index (χ0n) is 15.5. The van der Waals surface area contributed by atoms with E-state index < -0.39 is 0 Å². The molecule has 0 saturated carbocycles. The van der Waals surface area contributed by atoms with Gasteiger partial charge in [0.2, 0.25) is 0 Å². The van der Waals surface area contributed by atoms with E-state index in [1.54, 1.807) is 23.8 Å². The predicted molar refractivity (Wildman–Crippen MR) is 111 cm³/mol. The summed E-state index contributed by atoms with van der Waals surface area (Å²) in [5.74, 6) is 0.198. The third kappa shape index (κ3) is 3.44. The highest BCUT2D eigenvalue weighted by Gasteiger charge is 2.20. The monoisotopic (exact) mass is 390 g/mol. The maximum atomic E-state index is 13.0. The third-order valence-corrected chi connectivity index (χ3v) is 5.67. The molecule has 3 heterocycles. The molecule has 0 bridgehead atoms. The van der Waals surface area contributed by atoms with Crippen molar-refractivity contribution in [1.29, 1.82) is 0 Å². The Balaban J connectivity index is 1.69. The number of aromatic nitrogens is 3. The summed E-state index contributed by atoms with van der Waals surface area (Å²) < 4.78 is 1.57. The summed E-state index contributed by atoms with van der Waals surface area (Å²) in [6.45, 7) is 4.15. The maximum Gasteiger partial charge on any atom is 0.267 e. The molecule has 28 heavy (non-hydrogen) atoms. The van der Waals surface area contributed by atoms with Gasteiger partial charge in [-0.3, -0.25) is 14.2 Å². The molecule has 0 aliphatic rings. The summed E-state index contributed by atoms with van der Waals surface area (Å²) in [5, 5.41) is 3.29. The lowest BCUT2D eigenvalue weighted by Crippen LogP contribution is -2.21. The fourth-order valence-corrected chi connectivity index (χ4v) is 4.08. The minimum Gasteiger partial charge on any atom is -0.306 e. The third-order valence-electron chi connectivity index (χ3n) is 4.48. The van der Waals surface area contributed by atoms with Crippen LogP contribution in [0.5, 0.6) is 0 Å². The normalized spacial score (nSPS) is 10.9. The van der Waals surface area contributed by atoms with Gasteiger partial charge in [0.15, 0.2) is 0 Å². The molecule has 0 aliphatic carbocycles. The van der Waals surface area contributed by atoms with Crippen molar-refractivity contribution in [3.8, 4) is 0 Å². The summed E-state index contributed by atoms with van der Waals surface area (Å²) in [6.07, 6.45) is 3.18. The lowest BCUT2D eigenvalue weighted by atomic mass is 10.2. The van der Waals surface area contributed by atoms with Crippen LogP contribution in [0.25, 0.3) is 10.2 Å². The predicted octanol–water partition coefficient (Wildman–Crippen LogP) is 3.77. The molecule has 4 aromatic rings. The summed E-state index contributed by atoms with van der Waals surface area (Å²) in [5.41, 5.74) is 2.52. The number of rotatable bonds is 4. The largest absolute Gasteiger partial charge is 0.306 e. The summed E-state index contributed by atoms with van der Waals surface area (Å²) in [6, 6.07) is 13.4. The highest BCUT2D eigenvalue weighted by Crippen LogP contribution is 2.27. The Morgan fingerprint density at radius 3 is 2.68 bits per heavy atom. The number of carbonyl (C=O) groups is 1. The molecule has 0 aliphatic heterocycles. The summed E-state index contributed by atoms with van der Waals surface area (Å²) in [7, 11) is 0. The number of amides is 1. The molecule has 0 saturated heterocycles. The molecule has 6 nitrogen and oxygen atoms in total. The Morgan fingerprint density at radius 2 is 1.93 bits per heavy atom. The molecule has 140 valence electrons. The van der Waals surface area contributed by atoms with Crippen molar-refractivity contribution >= 4 is 33.3 Å². The van der Waals surface area contributed by atoms with Gasteiger partial charge in [-0.15, -0.1) is 11.3 Å². The van der Waals surface area contributed by atoms with Crippen LogP contribution in [-0.4, -0.2) is 20.4 Å². The average Bonchev–Trinajstić information content (AvgIpc) is 3.02. The number of benzene rings is 1. The number of hydrogen-bond acceptors (Lipinski definition) is 5. The second-order valence-electron chi connectivity index (χ2n) is 6.57. The molecule has 1 aromatic carbocycles. The smallest absolute Gasteiger partial charge is 0.267 e. The fourth-order valence-electron chi connectivity index (χ4n) is 3.05. The molecule has 0 radical (unpaired) electrons. The van der Waals surface area contributed by atoms with E-state index in [2.05, 4.69) is 15.3 Å². The van der Waals surface area contributed by atoms with E-state index in [4.69, 9.17) is 0 Å². The Labute approximate surface area is 165 Å². The van der Waals surface area contributed by atoms with Crippen LogP contribution in [-0.2, 0) is 6.54 Å². The van der Waals surface area contributed by atoms with E-state index in [1.165, 1.54) is 17.7 Å². The average molecular weight is 390 g/mol. The molecule has 3 aromatic heterocycles. The van der Waals surface area contributed by atoms with Gasteiger partial charge in [0, 0.05) is 6.20 Å². The molecule has 4 rings (SSSR count). The Kier molecular flexibility index (Phi) is 4.75. The van der Waals surface area contributed by atoms with Crippen molar-refractivity contribution in [2.24, 2.45) is 0 Å². The molecule has 0 atom stereocenters. The lowest BCUT2D eigenvalue weighted by molar-refractivity contribution is 0.102. The van der Waals surface area contributed by atoms with Crippen molar-refractivity contribution in [3.05, 3.63) is 86.9 Å². The van der Waals surface area contributed by atoms with Crippen LogP contribution in [0.4, 0.5) is 5.82 Å². The molecular formula is C21H18N4O2S. The first-order chi connectivity index (χ1) is 13.5. The molecular weight excluding hydrogens is 372 g/mol. The number of pyridine rings is 1. The number of hydrogen-bond donors (Lipinski definition) is 1. The van der Waals surface area contributed by atoms with Crippen LogP contribution >= 0.6 is 11.3 Å². The number of thiophene rings is 1. The van der Waals surface area contributed by atoms with Crippen LogP contribution in [0.15, 0.2) is 59.8 Å². The molecule has 1 N–H and O–H groups in total. The molecule has 0 unspecified atom stereocenters. The van der Waals surface area contributed by atoms with E-state index in [-0.39, 0.29) is 11.5 Å². The number of nitrogens with zero attached hydrogens (tertiary/aromatic N) is 3. The van der Waals surface area contributed by atoms with Crippen LogP contribution in [0.2, 0.25) is 0 Å². The van der Waals surface area contributed by atoms with Gasteiger partial charge in [-0.25, -0.2) is 9.97 Å². The topological polar surface area (TPSA) is 76.9 Å². The van der Waals surface area contributed by atoms with E-state index >= 15 is 0 Å². The van der Waals surface area contributed by atoms with Crippen LogP contribution < -0.4 is 10.9 Å². The number of fused-ring (bicyclic) bond motifs is 1. The second-order valence-corrected chi connectivity index (χ2v) is 7.57. The van der Waals surface area contributed by atoms with Crippen molar-refractivity contribution in [2.45, 2.75) is 20.4 Å². The van der Waals surface area contributed by atoms with Gasteiger partial charge in [-0.1, -0.05) is 30.3 Å². The molecule has 1 amide bonds. The standard InChI is InChI=1S/C21H18N4O2S/c1-13-8-9-22-16(10-13)24-19(26)18-14(2)17-20(28-18)23-12-25(21(17)27)11-15-6-4-3-5-7-15/h3-10,12H,11H2,1-2H3,(H,22,24,26). The van der Waals surface area contributed by atoms with Crippen molar-refractivity contribution in [3.63, 3.8) is 0 Å². The maximum absolute atomic E-state index is 13.0. The van der Waals surface area contributed by atoms with Crippen LogP contribution in [0, 0.1) is 13.8 Å². The second kappa shape index (κ2) is 7.36. The first-order valence-electron chi connectivity index (χ1n) is 8.79. The minimum atomic E-state index is -0.285. The van der Waals surface area contributed by atoms with Gasteiger partial charge in [-0.2, -0.15) is 0 Å². The number of anilines is 1. The molecule has 0 fully saturated rings. The fraction of sp³-hybridized carbons (Fsp3) is 0.143. The highest BCUT2D eigenvalue weighted by atomic mass is 32.1. The van der Waals surface area contributed by atoms with Crippen LogP contribution in [0.1, 0.15) is 26.4 Å². The van der Waals surface area contributed by atoms with E-state index in [0.717, 1.165) is 11.1 Å².